The van der Waals surface area contributed by atoms with Gasteiger partial charge in [-0.3, -0.25) is 0 Å². The summed E-state index contributed by atoms with van der Waals surface area (Å²) in [4.78, 5) is 50.0. The first-order valence-electron chi connectivity index (χ1n) is 12.6. The topological polar surface area (TPSA) is 141 Å². The Hall–Kier alpha value is -5.06. The van der Waals surface area contributed by atoms with Crippen molar-refractivity contribution in [2.24, 2.45) is 0 Å². The van der Waals surface area contributed by atoms with Crippen LogP contribution in [-0.4, -0.2) is 49.0 Å². The second kappa shape index (κ2) is 14.2. The van der Waals surface area contributed by atoms with Crippen molar-refractivity contribution in [3.8, 4) is 0 Å². The Morgan fingerprint density at radius 2 is 1.05 bits per heavy atom. The van der Waals surface area contributed by atoms with Gasteiger partial charge in [0, 0.05) is 0 Å². The molecule has 11 heteroatoms. The molecule has 0 spiro atoms. The molecule has 1 aliphatic heterocycles. The Morgan fingerprint density at radius 1 is 0.625 bits per heavy atom. The molecule has 208 valence electrons. The fraction of sp³-hybridized carbons (Fsp3) is 0.241. The van der Waals surface area contributed by atoms with Gasteiger partial charge in [-0.2, -0.15) is 0 Å². The minimum atomic E-state index is -1.29. The highest BCUT2D eigenvalue weighted by molar-refractivity contribution is 5.85. The molecule has 0 aromatic heterocycles. The van der Waals surface area contributed by atoms with E-state index in [1.54, 1.807) is 60.7 Å². The predicted octanol–water partition coefficient (Wildman–Crippen LogP) is 3.43. The molecule has 0 aliphatic carbocycles. The van der Waals surface area contributed by atoms with Gasteiger partial charge in [0.25, 0.3) is 0 Å². The summed E-state index contributed by atoms with van der Waals surface area (Å²) in [6.07, 6.45) is -3.50. The number of ether oxygens (including phenoxy) is 4. The van der Waals surface area contributed by atoms with Gasteiger partial charge in [-0.05, 0) is 16.7 Å². The first kappa shape index (κ1) is 28.0. The van der Waals surface area contributed by atoms with Crippen molar-refractivity contribution >= 4 is 24.2 Å². The van der Waals surface area contributed by atoms with E-state index in [9.17, 15) is 19.2 Å². The summed E-state index contributed by atoms with van der Waals surface area (Å²) in [7, 11) is 0. The van der Waals surface area contributed by atoms with Gasteiger partial charge in [-0.25, -0.2) is 19.2 Å². The highest BCUT2D eigenvalue weighted by atomic mass is 16.6. The van der Waals surface area contributed by atoms with Crippen LogP contribution in [0.15, 0.2) is 91.0 Å². The third kappa shape index (κ3) is 8.48. The lowest BCUT2D eigenvalue weighted by Crippen LogP contribution is -2.56. The Labute approximate surface area is 230 Å². The van der Waals surface area contributed by atoms with Crippen LogP contribution in [0.5, 0.6) is 0 Å². The molecule has 0 saturated carbocycles. The number of carbonyl (C=O) groups excluding carboxylic acids is 4. The van der Waals surface area contributed by atoms with Gasteiger partial charge in [0.15, 0.2) is 6.04 Å². The summed E-state index contributed by atoms with van der Waals surface area (Å²) in [6.45, 7) is -0.188. The molecule has 11 nitrogen and oxygen atoms in total. The quantitative estimate of drug-likeness (QED) is 0.259. The molecule has 3 amide bonds. The SMILES string of the molecule is O=C(NC[C@H]1OC(=O)[C@@H](NC(=O)OCc2ccccc2)[C@@H]1NC(=O)OCc1ccccc1)OCc1ccccc1. The molecule has 1 heterocycles. The van der Waals surface area contributed by atoms with E-state index in [-0.39, 0.29) is 26.4 Å². The highest BCUT2D eigenvalue weighted by Crippen LogP contribution is 2.17. The van der Waals surface area contributed by atoms with Crippen molar-refractivity contribution < 1.29 is 38.1 Å². The van der Waals surface area contributed by atoms with Crippen molar-refractivity contribution in [1.82, 2.24) is 16.0 Å². The zero-order valence-electron chi connectivity index (χ0n) is 21.5. The van der Waals surface area contributed by atoms with E-state index in [0.29, 0.717) is 0 Å². The van der Waals surface area contributed by atoms with Crippen molar-refractivity contribution in [1.29, 1.82) is 0 Å². The fourth-order valence-corrected chi connectivity index (χ4v) is 3.90. The standard InChI is InChI=1S/C29H29N3O8/c33-26-25(32-29(36)39-19-22-14-8-3-9-15-22)24(31-28(35)38-18-21-12-6-2-7-13-21)23(40-26)16-30-27(34)37-17-20-10-4-1-5-11-20/h1-15,23-25H,16-19H2,(H,30,34)(H,31,35)(H,32,36)/t23-,24-,25+/m1/s1. The number of carbonyl (C=O) groups is 4. The Balaban J connectivity index is 1.35. The van der Waals surface area contributed by atoms with Crippen LogP contribution >= 0.6 is 0 Å². The van der Waals surface area contributed by atoms with Crippen molar-refractivity contribution in [2.75, 3.05) is 6.54 Å². The van der Waals surface area contributed by atoms with Crippen LogP contribution in [0.25, 0.3) is 0 Å². The number of rotatable bonds is 10. The van der Waals surface area contributed by atoms with Crippen LogP contribution in [0, 0.1) is 0 Å². The largest absolute Gasteiger partial charge is 0.457 e. The maximum absolute atomic E-state index is 12.7. The van der Waals surface area contributed by atoms with Gasteiger partial charge in [-0.15, -0.1) is 0 Å². The second-order valence-electron chi connectivity index (χ2n) is 8.83. The third-order valence-corrected chi connectivity index (χ3v) is 5.92. The Kier molecular flexibility index (Phi) is 9.92. The number of alkyl carbamates (subject to hydrolysis) is 3. The number of amides is 3. The Bertz CT molecular complexity index is 1270. The molecule has 3 N–H and O–H groups in total. The van der Waals surface area contributed by atoms with Gasteiger partial charge < -0.3 is 34.9 Å². The van der Waals surface area contributed by atoms with Crippen molar-refractivity contribution in [3.63, 3.8) is 0 Å². The number of esters is 1. The minimum Gasteiger partial charge on any atom is -0.457 e. The summed E-state index contributed by atoms with van der Waals surface area (Å²) in [5.74, 6) is -0.811. The lowest BCUT2D eigenvalue weighted by atomic mass is 10.1. The molecule has 3 atom stereocenters. The molecule has 1 aliphatic rings. The van der Waals surface area contributed by atoms with Crippen LogP contribution < -0.4 is 16.0 Å². The van der Waals surface area contributed by atoms with E-state index in [1.807, 2.05) is 30.3 Å². The number of benzene rings is 3. The molecular formula is C29H29N3O8. The summed E-state index contributed by atoms with van der Waals surface area (Å²) >= 11 is 0. The summed E-state index contributed by atoms with van der Waals surface area (Å²) in [5.41, 5.74) is 2.31. The number of hydrogen-bond acceptors (Lipinski definition) is 8. The third-order valence-electron chi connectivity index (χ3n) is 5.92. The van der Waals surface area contributed by atoms with E-state index in [0.717, 1.165) is 16.7 Å². The maximum atomic E-state index is 12.7. The van der Waals surface area contributed by atoms with E-state index < -0.39 is 42.4 Å². The van der Waals surface area contributed by atoms with Crippen LogP contribution in [0.3, 0.4) is 0 Å². The zero-order chi connectivity index (χ0) is 28.2. The molecule has 1 saturated heterocycles. The second-order valence-corrected chi connectivity index (χ2v) is 8.83. The molecule has 40 heavy (non-hydrogen) atoms. The molecule has 3 aromatic rings. The average molecular weight is 548 g/mol. The summed E-state index contributed by atoms with van der Waals surface area (Å²) in [6, 6.07) is 24.7. The van der Waals surface area contributed by atoms with Gasteiger partial charge >= 0.3 is 24.2 Å². The van der Waals surface area contributed by atoms with Crippen LogP contribution in [0.2, 0.25) is 0 Å². The molecule has 4 rings (SSSR count). The molecule has 0 unspecified atom stereocenters. The molecule has 3 aromatic carbocycles. The van der Waals surface area contributed by atoms with Gasteiger partial charge in [0.1, 0.15) is 32.0 Å². The van der Waals surface area contributed by atoms with Gasteiger partial charge in [0.05, 0.1) is 6.54 Å². The smallest absolute Gasteiger partial charge is 0.408 e. The van der Waals surface area contributed by atoms with Gasteiger partial charge in [-0.1, -0.05) is 91.0 Å². The van der Waals surface area contributed by atoms with Crippen molar-refractivity contribution in [2.45, 2.75) is 38.0 Å². The Morgan fingerprint density at radius 3 is 1.52 bits per heavy atom. The first-order chi connectivity index (χ1) is 19.5. The van der Waals surface area contributed by atoms with Gasteiger partial charge in [0.2, 0.25) is 0 Å². The van der Waals surface area contributed by atoms with Crippen LogP contribution in [-0.2, 0) is 43.6 Å². The zero-order valence-corrected chi connectivity index (χ0v) is 21.5. The monoisotopic (exact) mass is 547 g/mol. The van der Waals surface area contributed by atoms with E-state index >= 15 is 0 Å². The minimum absolute atomic E-state index is 0.0138. The summed E-state index contributed by atoms with van der Waals surface area (Å²) in [5, 5.41) is 7.54. The van der Waals surface area contributed by atoms with Crippen molar-refractivity contribution in [3.05, 3.63) is 108 Å². The lowest BCUT2D eigenvalue weighted by molar-refractivity contribution is -0.142. The van der Waals surface area contributed by atoms with Crippen LogP contribution in [0.4, 0.5) is 14.4 Å². The highest BCUT2D eigenvalue weighted by Gasteiger charge is 2.47. The average Bonchev–Trinajstić information content (AvgIpc) is 3.27. The van der Waals surface area contributed by atoms with Crippen LogP contribution in [0.1, 0.15) is 16.7 Å². The number of nitrogens with one attached hydrogen (secondary N) is 3. The fourth-order valence-electron chi connectivity index (χ4n) is 3.90. The maximum Gasteiger partial charge on any atom is 0.408 e. The predicted molar refractivity (Wildman–Crippen MR) is 142 cm³/mol. The molecule has 1 fully saturated rings. The van der Waals surface area contributed by atoms with E-state index in [1.165, 1.54) is 0 Å². The normalized spacial score (nSPS) is 17.7. The van der Waals surface area contributed by atoms with E-state index in [2.05, 4.69) is 16.0 Å². The molecule has 0 radical (unpaired) electrons. The number of cyclic esters (lactones) is 1. The molecular weight excluding hydrogens is 518 g/mol. The van der Waals surface area contributed by atoms with E-state index in [4.69, 9.17) is 18.9 Å². The lowest BCUT2D eigenvalue weighted by Gasteiger charge is -2.22. The number of hydrogen-bond donors (Lipinski definition) is 3. The summed E-state index contributed by atoms with van der Waals surface area (Å²) < 4.78 is 21.1. The first-order valence-corrected chi connectivity index (χ1v) is 12.6. The molecule has 0 bridgehead atoms.